The molecule has 0 atom stereocenters. The van der Waals surface area contributed by atoms with Crippen molar-refractivity contribution in [1.82, 2.24) is 10.3 Å². The Morgan fingerprint density at radius 1 is 1.24 bits per heavy atom. The van der Waals surface area contributed by atoms with E-state index in [1.165, 1.54) is 24.5 Å². The molecule has 6 heteroatoms. The molecule has 3 aromatic rings. The van der Waals surface area contributed by atoms with E-state index >= 15 is 0 Å². The van der Waals surface area contributed by atoms with Gasteiger partial charge in [0, 0.05) is 24.1 Å². The summed E-state index contributed by atoms with van der Waals surface area (Å²) in [6, 6.07) is 14.4. The molecule has 0 bridgehead atoms. The molecule has 1 aromatic heterocycles. The van der Waals surface area contributed by atoms with Crippen molar-refractivity contribution in [1.29, 1.82) is 5.26 Å². The number of carbonyl (C=O) groups is 1. The normalized spacial score (nSPS) is 10.2. The van der Waals surface area contributed by atoms with Crippen LogP contribution in [-0.2, 0) is 6.42 Å². The van der Waals surface area contributed by atoms with Crippen molar-refractivity contribution in [3.63, 3.8) is 0 Å². The predicted molar refractivity (Wildman–Crippen MR) is 89.1 cm³/mol. The molecule has 0 spiro atoms. The van der Waals surface area contributed by atoms with Crippen LogP contribution in [0.25, 0.3) is 11.5 Å². The zero-order chi connectivity index (χ0) is 17.6. The van der Waals surface area contributed by atoms with Crippen LogP contribution < -0.4 is 5.32 Å². The molecule has 5 nitrogen and oxygen atoms in total. The van der Waals surface area contributed by atoms with Crippen molar-refractivity contribution in [2.45, 2.75) is 6.42 Å². The van der Waals surface area contributed by atoms with Gasteiger partial charge in [-0.25, -0.2) is 9.37 Å². The minimum Gasteiger partial charge on any atom is -0.444 e. The summed E-state index contributed by atoms with van der Waals surface area (Å²) in [5.74, 6) is -0.166. The number of aromatic nitrogens is 1. The van der Waals surface area contributed by atoms with Crippen molar-refractivity contribution in [3.05, 3.63) is 77.4 Å². The molecular formula is C19H14FN3O2. The highest BCUT2D eigenvalue weighted by Gasteiger charge is 2.09. The van der Waals surface area contributed by atoms with Gasteiger partial charge in [-0.05, 0) is 42.5 Å². The number of nitrogens with one attached hydrogen (secondary N) is 1. The molecule has 3 rings (SSSR count). The highest BCUT2D eigenvalue weighted by atomic mass is 19.1. The fourth-order valence-corrected chi connectivity index (χ4v) is 2.28. The van der Waals surface area contributed by atoms with Gasteiger partial charge < -0.3 is 9.73 Å². The quantitative estimate of drug-likeness (QED) is 0.776. The molecular weight excluding hydrogens is 321 g/mol. The summed E-state index contributed by atoms with van der Waals surface area (Å²) in [7, 11) is 0. The van der Waals surface area contributed by atoms with Gasteiger partial charge in [0.05, 0.1) is 17.3 Å². The Hall–Kier alpha value is -3.46. The lowest BCUT2D eigenvalue weighted by atomic mass is 10.1. The first-order valence-corrected chi connectivity index (χ1v) is 7.64. The summed E-state index contributed by atoms with van der Waals surface area (Å²) in [6.07, 6.45) is 2.01. The fraction of sp³-hybridized carbons (Fsp3) is 0.105. The van der Waals surface area contributed by atoms with E-state index in [-0.39, 0.29) is 11.7 Å². The molecule has 0 unspecified atom stereocenters. The minimum atomic E-state index is -0.321. The number of carbonyl (C=O) groups excluding carboxylic acids is 1. The van der Waals surface area contributed by atoms with Crippen LogP contribution in [0, 0.1) is 17.1 Å². The topological polar surface area (TPSA) is 78.9 Å². The molecule has 0 saturated heterocycles. The van der Waals surface area contributed by atoms with Gasteiger partial charge in [0.25, 0.3) is 5.91 Å². The zero-order valence-corrected chi connectivity index (χ0v) is 13.2. The third-order valence-electron chi connectivity index (χ3n) is 3.56. The van der Waals surface area contributed by atoms with E-state index in [2.05, 4.69) is 10.3 Å². The van der Waals surface area contributed by atoms with Crippen molar-refractivity contribution in [3.8, 4) is 17.5 Å². The number of hydrogen-bond acceptors (Lipinski definition) is 4. The van der Waals surface area contributed by atoms with Gasteiger partial charge in [0.1, 0.15) is 12.1 Å². The van der Waals surface area contributed by atoms with E-state index in [9.17, 15) is 9.18 Å². The standard InChI is InChI=1S/C19H14FN3O2/c20-16-6-4-14(5-7-16)19-23-17(12-25-19)8-9-22-18(24)15-3-1-2-13(10-15)11-21/h1-7,10,12H,8-9H2,(H,22,24). The number of rotatable bonds is 5. The Kier molecular flexibility index (Phi) is 4.86. The molecule has 0 aliphatic heterocycles. The monoisotopic (exact) mass is 335 g/mol. The van der Waals surface area contributed by atoms with E-state index in [0.29, 0.717) is 41.2 Å². The van der Waals surface area contributed by atoms with Crippen molar-refractivity contribution >= 4 is 5.91 Å². The summed E-state index contributed by atoms with van der Waals surface area (Å²) < 4.78 is 18.3. The van der Waals surface area contributed by atoms with E-state index in [1.807, 2.05) is 6.07 Å². The maximum atomic E-state index is 12.9. The summed E-state index contributed by atoms with van der Waals surface area (Å²) in [5, 5.41) is 11.6. The maximum absolute atomic E-state index is 12.9. The number of halogens is 1. The molecule has 0 radical (unpaired) electrons. The maximum Gasteiger partial charge on any atom is 0.251 e. The van der Waals surface area contributed by atoms with Gasteiger partial charge in [-0.3, -0.25) is 4.79 Å². The molecule has 124 valence electrons. The van der Waals surface area contributed by atoms with Gasteiger partial charge in [-0.1, -0.05) is 6.07 Å². The van der Waals surface area contributed by atoms with Crippen LogP contribution in [0.3, 0.4) is 0 Å². The molecule has 1 heterocycles. The van der Waals surface area contributed by atoms with E-state index in [4.69, 9.17) is 9.68 Å². The van der Waals surface area contributed by atoms with Crippen LogP contribution in [0.1, 0.15) is 21.6 Å². The lowest BCUT2D eigenvalue weighted by Gasteiger charge is -2.04. The number of hydrogen-bond donors (Lipinski definition) is 1. The fourth-order valence-electron chi connectivity index (χ4n) is 2.28. The third-order valence-corrected chi connectivity index (χ3v) is 3.56. The van der Waals surface area contributed by atoms with Gasteiger partial charge in [0.2, 0.25) is 5.89 Å². The van der Waals surface area contributed by atoms with Crippen molar-refractivity contribution < 1.29 is 13.6 Å². The molecule has 2 aromatic carbocycles. The lowest BCUT2D eigenvalue weighted by molar-refractivity contribution is 0.0954. The van der Waals surface area contributed by atoms with Crippen LogP contribution in [0.4, 0.5) is 4.39 Å². The molecule has 25 heavy (non-hydrogen) atoms. The van der Waals surface area contributed by atoms with Crippen LogP contribution in [0.2, 0.25) is 0 Å². The van der Waals surface area contributed by atoms with Crippen LogP contribution in [0.15, 0.2) is 59.2 Å². The highest BCUT2D eigenvalue weighted by molar-refractivity contribution is 5.94. The zero-order valence-electron chi connectivity index (χ0n) is 13.2. The Labute approximate surface area is 143 Å². The van der Waals surface area contributed by atoms with Gasteiger partial charge in [0.15, 0.2) is 0 Å². The first-order valence-electron chi connectivity index (χ1n) is 7.64. The van der Waals surface area contributed by atoms with E-state index in [1.54, 1.807) is 30.3 Å². The first-order chi connectivity index (χ1) is 12.2. The lowest BCUT2D eigenvalue weighted by Crippen LogP contribution is -2.25. The second-order valence-corrected chi connectivity index (χ2v) is 5.35. The Morgan fingerprint density at radius 3 is 2.80 bits per heavy atom. The SMILES string of the molecule is N#Cc1cccc(C(=O)NCCc2coc(-c3ccc(F)cc3)n2)c1. The average Bonchev–Trinajstić information content (AvgIpc) is 3.11. The number of nitriles is 1. The molecule has 0 aliphatic rings. The van der Waals surface area contributed by atoms with E-state index in [0.717, 1.165) is 0 Å². The molecule has 1 amide bonds. The Morgan fingerprint density at radius 2 is 2.04 bits per heavy atom. The predicted octanol–water partition coefficient (Wildman–Crippen LogP) is 3.32. The van der Waals surface area contributed by atoms with Crippen molar-refractivity contribution in [2.75, 3.05) is 6.54 Å². The average molecular weight is 335 g/mol. The smallest absolute Gasteiger partial charge is 0.251 e. The second kappa shape index (κ2) is 7.41. The number of benzene rings is 2. The Balaban J connectivity index is 1.56. The highest BCUT2D eigenvalue weighted by Crippen LogP contribution is 2.19. The van der Waals surface area contributed by atoms with Gasteiger partial charge in [-0.15, -0.1) is 0 Å². The third kappa shape index (κ3) is 4.09. The number of oxazole rings is 1. The summed E-state index contributed by atoms with van der Waals surface area (Å²) in [4.78, 5) is 16.4. The Bertz CT molecular complexity index is 926. The molecule has 0 saturated carbocycles. The summed E-state index contributed by atoms with van der Waals surface area (Å²) in [6.45, 7) is 0.380. The van der Waals surface area contributed by atoms with Gasteiger partial charge in [-0.2, -0.15) is 5.26 Å². The number of amides is 1. The van der Waals surface area contributed by atoms with Crippen LogP contribution in [-0.4, -0.2) is 17.4 Å². The van der Waals surface area contributed by atoms with Crippen molar-refractivity contribution in [2.24, 2.45) is 0 Å². The van der Waals surface area contributed by atoms with Gasteiger partial charge >= 0.3 is 0 Å². The first kappa shape index (κ1) is 16.4. The minimum absolute atomic E-state index is 0.251. The number of nitrogens with zero attached hydrogens (tertiary/aromatic N) is 2. The second-order valence-electron chi connectivity index (χ2n) is 5.35. The molecule has 0 aliphatic carbocycles. The van der Waals surface area contributed by atoms with Crippen LogP contribution in [0.5, 0.6) is 0 Å². The molecule has 1 N–H and O–H groups in total. The summed E-state index contributed by atoms with van der Waals surface area (Å²) in [5.41, 5.74) is 2.25. The van der Waals surface area contributed by atoms with E-state index < -0.39 is 0 Å². The summed E-state index contributed by atoms with van der Waals surface area (Å²) >= 11 is 0. The van der Waals surface area contributed by atoms with Crippen LogP contribution >= 0.6 is 0 Å². The molecule has 0 fully saturated rings. The largest absolute Gasteiger partial charge is 0.444 e.